The Hall–Kier alpha value is -4.20. The van der Waals surface area contributed by atoms with Crippen molar-refractivity contribution in [1.29, 1.82) is 0 Å². The fourth-order valence-corrected chi connectivity index (χ4v) is 4.79. The molecule has 0 unspecified atom stereocenters. The summed E-state index contributed by atoms with van der Waals surface area (Å²) in [6.45, 7) is 2.78. The van der Waals surface area contributed by atoms with Crippen LogP contribution in [-0.2, 0) is 22.4 Å². The minimum atomic E-state index is -0.703. The Balaban J connectivity index is 1.21. The van der Waals surface area contributed by atoms with Crippen molar-refractivity contribution in [2.75, 3.05) is 13.2 Å². The monoisotopic (exact) mass is 489 g/mol. The molecule has 0 saturated carbocycles. The largest absolute Gasteiger partial charge is 0.482 e. The van der Waals surface area contributed by atoms with Gasteiger partial charge in [-0.25, -0.2) is 14.0 Å². The summed E-state index contributed by atoms with van der Waals surface area (Å²) in [5.74, 6) is -1.05. The van der Waals surface area contributed by atoms with E-state index in [2.05, 4.69) is 0 Å². The van der Waals surface area contributed by atoms with E-state index >= 15 is 0 Å². The van der Waals surface area contributed by atoms with Gasteiger partial charge in [-0.1, -0.05) is 0 Å². The molecule has 36 heavy (non-hydrogen) atoms. The number of benzene rings is 2. The number of nitrogens with zero attached hydrogens (tertiary/aromatic N) is 1. The summed E-state index contributed by atoms with van der Waals surface area (Å²) in [6.07, 6.45) is 2.49. The summed E-state index contributed by atoms with van der Waals surface area (Å²) >= 11 is 0. The van der Waals surface area contributed by atoms with E-state index in [1.54, 1.807) is 37.3 Å². The van der Waals surface area contributed by atoms with E-state index in [9.17, 15) is 18.8 Å². The molecule has 5 rings (SSSR count). The van der Waals surface area contributed by atoms with Gasteiger partial charge < -0.3 is 18.5 Å². The number of hydrogen-bond donors (Lipinski definition) is 0. The van der Waals surface area contributed by atoms with Crippen LogP contribution < -0.4 is 10.4 Å². The number of ketones is 1. The van der Waals surface area contributed by atoms with Crippen LogP contribution in [0.2, 0.25) is 0 Å². The number of fused-ring (bicyclic) bond motifs is 3. The molecule has 184 valence electrons. The highest BCUT2D eigenvalue weighted by atomic mass is 19.1. The summed E-state index contributed by atoms with van der Waals surface area (Å²) in [6, 6.07) is 12.8. The maximum absolute atomic E-state index is 13.3. The average molecular weight is 489 g/mol. The Morgan fingerprint density at radius 2 is 1.75 bits per heavy atom. The summed E-state index contributed by atoms with van der Waals surface area (Å²) in [7, 11) is 0. The highest BCUT2D eigenvalue weighted by Gasteiger charge is 2.21. The molecule has 0 aliphatic heterocycles. The summed E-state index contributed by atoms with van der Waals surface area (Å²) in [5, 5.41) is 0.876. The summed E-state index contributed by atoms with van der Waals surface area (Å²) < 4.78 is 31.2. The van der Waals surface area contributed by atoms with Gasteiger partial charge in [0.05, 0.1) is 0 Å². The van der Waals surface area contributed by atoms with E-state index in [0.717, 1.165) is 47.2 Å². The number of aromatic nitrogens is 1. The van der Waals surface area contributed by atoms with Crippen LogP contribution in [0.4, 0.5) is 4.39 Å². The third-order valence-electron chi connectivity index (χ3n) is 6.48. The number of aryl methyl sites for hydroxylation is 2. The quantitative estimate of drug-likeness (QED) is 0.214. The normalized spacial score (nSPS) is 12.5. The highest BCUT2D eigenvalue weighted by molar-refractivity contribution is 5.99. The lowest BCUT2D eigenvalue weighted by atomic mass is 10.1. The lowest BCUT2D eigenvalue weighted by molar-refractivity contribution is -0.144. The Labute approximate surface area is 206 Å². The number of halogens is 1. The molecular formula is C28H24FNO6. The van der Waals surface area contributed by atoms with Gasteiger partial charge in [0, 0.05) is 39.7 Å². The van der Waals surface area contributed by atoms with Crippen LogP contribution in [-0.4, -0.2) is 29.5 Å². The van der Waals surface area contributed by atoms with E-state index in [1.807, 2.05) is 17.6 Å². The molecular weight excluding hydrogens is 465 g/mol. The second-order valence-corrected chi connectivity index (χ2v) is 8.83. The van der Waals surface area contributed by atoms with Crippen molar-refractivity contribution in [3.63, 3.8) is 0 Å². The zero-order valence-corrected chi connectivity index (χ0v) is 19.9. The van der Waals surface area contributed by atoms with Crippen molar-refractivity contribution < 1.29 is 27.9 Å². The van der Waals surface area contributed by atoms with Gasteiger partial charge >= 0.3 is 11.6 Å². The molecule has 0 radical (unpaired) electrons. The van der Waals surface area contributed by atoms with Crippen molar-refractivity contribution in [3.05, 3.63) is 92.8 Å². The maximum atomic E-state index is 13.3. The molecule has 1 aliphatic rings. The number of carbonyl (C=O) groups excluding carboxylic acids is 2. The molecule has 0 spiro atoms. The van der Waals surface area contributed by atoms with Crippen LogP contribution in [0.15, 0.2) is 57.7 Å². The number of ether oxygens (including phenoxy) is 2. The van der Waals surface area contributed by atoms with Crippen molar-refractivity contribution in [2.45, 2.75) is 33.1 Å². The second kappa shape index (κ2) is 9.45. The molecule has 0 atom stereocenters. The van der Waals surface area contributed by atoms with Crippen molar-refractivity contribution in [3.8, 4) is 11.4 Å². The smallest absolute Gasteiger partial charge is 0.344 e. The molecule has 0 amide bonds. The predicted molar refractivity (Wildman–Crippen MR) is 130 cm³/mol. The molecule has 0 saturated heterocycles. The van der Waals surface area contributed by atoms with Crippen molar-refractivity contribution >= 4 is 22.7 Å². The fourth-order valence-electron chi connectivity index (χ4n) is 4.79. The van der Waals surface area contributed by atoms with Gasteiger partial charge in [0.1, 0.15) is 17.1 Å². The highest BCUT2D eigenvalue weighted by Crippen LogP contribution is 2.29. The van der Waals surface area contributed by atoms with Crippen LogP contribution in [0.3, 0.4) is 0 Å². The van der Waals surface area contributed by atoms with Crippen molar-refractivity contribution in [1.82, 2.24) is 4.57 Å². The van der Waals surface area contributed by atoms with Gasteiger partial charge in [-0.2, -0.15) is 0 Å². The number of Topliss-reactive ketones (excluding diaryl/α,β-unsaturated/α-hetero) is 1. The Morgan fingerprint density at radius 1 is 1.00 bits per heavy atom. The molecule has 0 bridgehead atoms. The predicted octanol–water partition coefficient (Wildman–Crippen LogP) is 4.63. The van der Waals surface area contributed by atoms with Crippen LogP contribution >= 0.6 is 0 Å². The first-order valence-electron chi connectivity index (χ1n) is 11.7. The first-order valence-corrected chi connectivity index (χ1v) is 11.7. The number of hydrogen-bond acceptors (Lipinski definition) is 6. The lowest BCUT2D eigenvalue weighted by Gasteiger charge is -2.10. The molecule has 0 fully saturated rings. The number of esters is 1. The molecule has 2 aromatic carbocycles. The van der Waals surface area contributed by atoms with Gasteiger partial charge in [-0.05, 0) is 81.1 Å². The Morgan fingerprint density at radius 3 is 2.53 bits per heavy atom. The zero-order chi connectivity index (χ0) is 25.4. The Bertz CT molecular complexity index is 1550. The molecule has 7 nitrogen and oxygen atoms in total. The van der Waals surface area contributed by atoms with Crippen molar-refractivity contribution in [2.24, 2.45) is 0 Å². The molecule has 4 aromatic rings. The topological polar surface area (TPSA) is 87.7 Å². The number of rotatable bonds is 7. The van der Waals surface area contributed by atoms with E-state index in [0.29, 0.717) is 22.6 Å². The van der Waals surface area contributed by atoms with Gasteiger partial charge in [-0.15, -0.1) is 0 Å². The minimum Gasteiger partial charge on any atom is -0.482 e. The van der Waals surface area contributed by atoms with E-state index in [1.165, 1.54) is 12.1 Å². The molecule has 2 heterocycles. The average Bonchev–Trinajstić information content (AvgIpc) is 3.47. The molecule has 2 aromatic heterocycles. The van der Waals surface area contributed by atoms with E-state index in [-0.39, 0.29) is 17.2 Å². The standard InChI is InChI=1S/C28H24FNO6/c1-16-12-24(17(2)30(16)19-8-6-18(29)7-9-19)25(31)14-35-27(32)15-34-20-10-11-22-21-4-3-5-23(21)28(33)36-26(22)13-20/h6-13H,3-5,14-15H2,1-2H3. The van der Waals surface area contributed by atoms with Gasteiger partial charge in [0.25, 0.3) is 0 Å². The Kier molecular flexibility index (Phi) is 6.18. The third-order valence-corrected chi connectivity index (χ3v) is 6.48. The van der Waals surface area contributed by atoms with Crippen LogP contribution in [0.5, 0.6) is 5.75 Å². The van der Waals surface area contributed by atoms with Gasteiger partial charge in [-0.3, -0.25) is 4.79 Å². The van der Waals surface area contributed by atoms with Crippen LogP contribution in [0, 0.1) is 19.7 Å². The van der Waals surface area contributed by atoms with Crippen LogP contribution in [0.25, 0.3) is 16.7 Å². The summed E-state index contributed by atoms with van der Waals surface area (Å²) in [4.78, 5) is 37.1. The SMILES string of the molecule is Cc1cc(C(=O)COC(=O)COc2ccc3c4c(c(=O)oc3c2)CCC4)c(C)n1-c1ccc(F)cc1. The minimum absolute atomic E-state index is 0.330. The third kappa shape index (κ3) is 4.42. The van der Waals surface area contributed by atoms with Gasteiger partial charge in [0.15, 0.2) is 13.2 Å². The molecule has 0 N–H and O–H groups in total. The first-order chi connectivity index (χ1) is 17.3. The van der Waals surface area contributed by atoms with E-state index in [4.69, 9.17) is 13.9 Å². The fraction of sp³-hybridized carbons (Fsp3) is 0.250. The molecule has 1 aliphatic carbocycles. The second-order valence-electron chi connectivity index (χ2n) is 8.83. The lowest BCUT2D eigenvalue weighted by Crippen LogP contribution is -2.20. The van der Waals surface area contributed by atoms with E-state index < -0.39 is 19.2 Å². The molecule has 8 heteroatoms. The van der Waals surface area contributed by atoms with Crippen LogP contribution in [0.1, 0.15) is 39.3 Å². The maximum Gasteiger partial charge on any atom is 0.344 e. The zero-order valence-electron chi connectivity index (χ0n) is 19.9. The first kappa shape index (κ1) is 23.5. The van der Waals surface area contributed by atoms with Gasteiger partial charge in [0.2, 0.25) is 5.78 Å². The number of carbonyl (C=O) groups is 2. The summed E-state index contributed by atoms with van der Waals surface area (Å²) in [5.41, 5.74) is 4.45.